The van der Waals surface area contributed by atoms with Gasteiger partial charge in [-0.1, -0.05) is 6.42 Å². The predicted molar refractivity (Wildman–Crippen MR) is 121 cm³/mol. The van der Waals surface area contributed by atoms with Crippen LogP contribution >= 0.6 is 0 Å². The van der Waals surface area contributed by atoms with E-state index in [4.69, 9.17) is 9.47 Å². The molecule has 1 aromatic rings. The molecular formula is C25H33N3O5. The van der Waals surface area contributed by atoms with Crippen molar-refractivity contribution in [1.82, 2.24) is 15.5 Å². The molecule has 0 bridgehead atoms. The van der Waals surface area contributed by atoms with E-state index in [0.717, 1.165) is 63.2 Å². The first-order valence-corrected chi connectivity index (χ1v) is 12.3. The van der Waals surface area contributed by atoms with E-state index in [1.54, 1.807) is 4.90 Å². The van der Waals surface area contributed by atoms with Gasteiger partial charge in [0.1, 0.15) is 17.9 Å². The zero-order valence-corrected chi connectivity index (χ0v) is 19.0. The molecule has 4 aliphatic rings. The van der Waals surface area contributed by atoms with E-state index < -0.39 is 6.04 Å². The predicted octanol–water partition coefficient (Wildman–Crippen LogP) is 2.15. The average Bonchev–Trinajstić information content (AvgIpc) is 3.14. The van der Waals surface area contributed by atoms with E-state index in [1.165, 1.54) is 6.42 Å². The van der Waals surface area contributed by atoms with Gasteiger partial charge in [0.25, 0.3) is 5.91 Å². The van der Waals surface area contributed by atoms with Gasteiger partial charge in [0, 0.05) is 37.8 Å². The smallest absolute Gasteiger partial charge is 0.255 e. The summed E-state index contributed by atoms with van der Waals surface area (Å²) in [5, 5.41) is 6.11. The van der Waals surface area contributed by atoms with Crippen molar-refractivity contribution in [3.63, 3.8) is 0 Å². The van der Waals surface area contributed by atoms with E-state index >= 15 is 0 Å². The monoisotopic (exact) mass is 455 g/mol. The molecule has 0 aromatic heterocycles. The molecule has 3 amide bonds. The minimum absolute atomic E-state index is 0.111. The number of ether oxygens (including phenoxy) is 2. The first kappa shape index (κ1) is 22.3. The summed E-state index contributed by atoms with van der Waals surface area (Å²) in [5.74, 6) is 0.634. The molecule has 2 N–H and O–H groups in total. The van der Waals surface area contributed by atoms with Crippen LogP contribution in [0.2, 0.25) is 0 Å². The molecule has 178 valence electrons. The largest absolute Gasteiger partial charge is 0.489 e. The normalized spacial score (nSPS) is 28.5. The Morgan fingerprint density at radius 3 is 2.70 bits per heavy atom. The SMILES string of the molecule is O=C1CCC(N2Cc3cc(O[C@@H]4CCCC[C@H]4NCC4CCOCC4)ccc3C2=O)C(=O)N1. The molecule has 0 radical (unpaired) electrons. The van der Waals surface area contributed by atoms with Crippen molar-refractivity contribution in [2.24, 2.45) is 5.92 Å². The zero-order valence-electron chi connectivity index (χ0n) is 19.0. The highest BCUT2D eigenvalue weighted by Crippen LogP contribution is 2.32. The minimum Gasteiger partial charge on any atom is -0.489 e. The van der Waals surface area contributed by atoms with Crippen molar-refractivity contribution in [2.45, 2.75) is 76.1 Å². The molecule has 3 aliphatic heterocycles. The number of hydrogen-bond donors (Lipinski definition) is 2. The van der Waals surface area contributed by atoms with Gasteiger partial charge < -0.3 is 19.7 Å². The van der Waals surface area contributed by atoms with Crippen LogP contribution in [0.5, 0.6) is 5.75 Å². The molecule has 8 nitrogen and oxygen atoms in total. The molecule has 33 heavy (non-hydrogen) atoms. The van der Waals surface area contributed by atoms with Crippen LogP contribution < -0.4 is 15.4 Å². The molecule has 3 fully saturated rings. The summed E-state index contributed by atoms with van der Waals surface area (Å²) in [6.45, 7) is 3.10. The number of nitrogens with one attached hydrogen (secondary N) is 2. The van der Waals surface area contributed by atoms with Gasteiger partial charge in [-0.25, -0.2) is 0 Å². The van der Waals surface area contributed by atoms with Crippen molar-refractivity contribution in [3.05, 3.63) is 29.3 Å². The summed E-state index contributed by atoms with van der Waals surface area (Å²) in [7, 11) is 0. The number of amides is 3. The fraction of sp³-hybridized carbons (Fsp3) is 0.640. The lowest BCUT2D eigenvalue weighted by atomic mass is 9.91. The maximum atomic E-state index is 12.9. The Morgan fingerprint density at radius 1 is 1.06 bits per heavy atom. The lowest BCUT2D eigenvalue weighted by Crippen LogP contribution is -2.52. The Labute approximate surface area is 194 Å². The number of benzene rings is 1. The Balaban J connectivity index is 1.22. The molecule has 0 spiro atoms. The van der Waals surface area contributed by atoms with Crippen LogP contribution in [0, 0.1) is 5.92 Å². The summed E-state index contributed by atoms with van der Waals surface area (Å²) >= 11 is 0. The number of carbonyl (C=O) groups excluding carboxylic acids is 3. The maximum Gasteiger partial charge on any atom is 0.255 e. The Hall–Kier alpha value is -2.45. The highest BCUT2D eigenvalue weighted by Gasteiger charge is 2.39. The first-order valence-electron chi connectivity index (χ1n) is 12.3. The molecule has 8 heteroatoms. The number of hydrogen-bond acceptors (Lipinski definition) is 6. The topological polar surface area (TPSA) is 97.0 Å². The van der Waals surface area contributed by atoms with Crippen molar-refractivity contribution < 1.29 is 23.9 Å². The summed E-state index contributed by atoms with van der Waals surface area (Å²) in [5.41, 5.74) is 1.50. The Bertz CT molecular complexity index is 913. The van der Waals surface area contributed by atoms with Crippen LogP contribution in [-0.4, -0.2) is 60.6 Å². The van der Waals surface area contributed by atoms with Crippen LogP contribution in [0.25, 0.3) is 0 Å². The van der Waals surface area contributed by atoms with Crippen molar-refractivity contribution >= 4 is 17.7 Å². The molecule has 1 aromatic carbocycles. The highest BCUT2D eigenvalue weighted by molar-refractivity contribution is 6.05. The molecule has 1 aliphatic carbocycles. The second-order valence-corrected chi connectivity index (χ2v) is 9.73. The van der Waals surface area contributed by atoms with Gasteiger partial charge in [0.05, 0.1) is 0 Å². The maximum absolute atomic E-state index is 12.9. The van der Waals surface area contributed by atoms with Gasteiger partial charge >= 0.3 is 0 Å². The van der Waals surface area contributed by atoms with Crippen LogP contribution in [0.3, 0.4) is 0 Å². The average molecular weight is 456 g/mol. The molecule has 3 heterocycles. The molecule has 3 atom stereocenters. The summed E-state index contributed by atoms with van der Waals surface area (Å²) < 4.78 is 11.9. The molecule has 5 rings (SSSR count). The van der Waals surface area contributed by atoms with Gasteiger partial charge in [0.15, 0.2) is 0 Å². The number of rotatable bonds is 6. The Kier molecular flexibility index (Phi) is 6.64. The number of piperidine rings is 1. The second kappa shape index (κ2) is 9.81. The molecule has 1 saturated carbocycles. The van der Waals surface area contributed by atoms with Crippen molar-refractivity contribution in [2.75, 3.05) is 19.8 Å². The van der Waals surface area contributed by atoms with Gasteiger partial charge in [-0.2, -0.15) is 0 Å². The zero-order chi connectivity index (χ0) is 22.8. The van der Waals surface area contributed by atoms with Crippen LogP contribution in [-0.2, 0) is 20.9 Å². The second-order valence-electron chi connectivity index (χ2n) is 9.73. The number of fused-ring (bicyclic) bond motifs is 1. The standard InChI is InChI=1S/C25H33N3O5/c29-23-8-7-21(24(30)27-23)28-15-17-13-18(5-6-19(17)25(28)31)33-22-4-2-1-3-20(22)26-14-16-9-11-32-12-10-16/h5-6,13,16,20-22,26H,1-4,7-12,14-15H2,(H,27,29,30)/t20-,21?,22-/m1/s1. The third kappa shape index (κ3) is 4.92. The number of imide groups is 1. The first-order chi connectivity index (χ1) is 16.1. The van der Waals surface area contributed by atoms with E-state index in [2.05, 4.69) is 10.6 Å². The number of carbonyl (C=O) groups is 3. The lowest BCUT2D eigenvalue weighted by molar-refractivity contribution is -0.136. The molecule has 2 saturated heterocycles. The third-order valence-corrected chi connectivity index (χ3v) is 7.49. The molecular weight excluding hydrogens is 422 g/mol. The van der Waals surface area contributed by atoms with Gasteiger partial charge in [-0.15, -0.1) is 0 Å². The van der Waals surface area contributed by atoms with Crippen molar-refractivity contribution in [1.29, 1.82) is 0 Å². The summed E-state index contributed by atoms with van der Waals surface area (Å²) in [6.07, 6.45) is 7.48. The highest BCUT2D eigenvalue weighted by atomic mass is 16.5. The quantitative estimate of drug-likeness (QED) is 0.638. The van der Waals surface area contributed by atoms with Gasteiger partial charge in [0.2, 0.25) is 11.8 Å². The summed E-state index contributed by atoms with van der Waals surface area (Å²) in [6, 6.07) is 5.37. The Morgan fingerprint density at radius 2 is 1.88 bits per heavy atom. The van der Waals surface area contributed by atoms with Gasteiger partial charge in [-0.3, -0.25) is 19.7 Å². The number of nitrogens with zero attached hydrogens (tertiary/aromatic N) is 1. The fourth-order valence-electron chi connectivity index (χ4n) is 5.54. The van der Waals surface area contributed by atoms with Crippen LogP contribution in [0.15, 0.2) is 18.2 Å². The van der Waals surface area contributed by atoms with E-state index in [-0.39, 0.29) is 30.2 Å². The van der Waals surface area contributed by atoms with Crippen molar-refractivity contribution in [3.8, 4) is 5.75 Å². The lowest BCUT2D eigenvalue weighted by Gasteiger charge is -2.34. The van der Waals surface area contributed by atoms with Crippen LogP contribution in [0.4, 0.5) is 0 Å². The van der Waals surface area contributed by atoms with E-state index in [0.29, 0.717) is 30.5 Å². The fourth-order valence-corrected chi connectivity index (χ4v) is 5.54. The van der Waals surface area contributed by atoms with Gasteiger partial charge in [-0.05, 0) is 74.8 Å². The van der Waals surface area contributed by atoms with E-state index in [9.17, 15) is 14.4 Å². The third-order valence-electron chi connectivity index (χ3n) is 7.49. The summed E-state index contributed by atoms with van der Waals surface area (Å²) in [4.78, 5) is 38.2. The minimum atomic E-state index is -0.593. The molecule has 1 unspecified atom stereocenters. The van der Waals surface area contributed by atoms with E-state index in [1.807, 2.05) is 18.2 Å². The van der Waals surface area contributed by atoms with Crippen LogP contribution in [0.1, 0.15) is 67.3 Å².